The fourth-order valence-electron chi connectivity index (χ4n) is 1.54. The number of hydrogen-bond donors (Lipinski definition) is 0. The molecule has 1 rings (SSSR count). The number of ketones is 1. The van der Waals surface area contributed by atoms with Crippen molar-refractivity contribution in [1.82, 2.24) is 4.90 Å². The van der Waals surface area contributed by atoms with Crippen LogP contribution < -0.4 is 9.47 Å². The highest BCUT2D eigenvalue weighted by Gasteiger charge is 2.23. The highest BCUT2D eigenvalue weighted by molar-refractivity contribution is 6.05. The van der Waals surface area contributed by atoms with Crippen molar-refractivity contribution in [2.24, 2.45) is 0 Å². The quantitative estimate of drug-likeness (QED) is 0.342. The van der Waals surface area contributed by atoms with Crippen LogP contribution in [0.4, 0.5) is 5.69 Å². The number of nitro benzene ring substituents is 1. The maximum atomic E-state index is 12.0. The Morgan fingerprint density at radius 1 is 1.30 bits per heavy atom. The number of methoxy groups -OCH3 is 2. The first-order valence-electron chi connectivity index (χ1n) is 5.70. The SMILES string of the molecule is COc1cc(C(=O)/C=C/N(C)C)cc([N+](=O)[O-])c1OC. The van der Waals surface area contributed by atoms with Crippen LogP contribution >= 0.6 is 0 Å². The molecule has 0 radical (unpaired) electrons. The van der Waals surface area contributed by atoms with Gasteiger partial charge in [0, 0.05) is 38.0 Å². The van der Waals surface area contributed by atoms with Crippen LogP contribution in [0.2, 0.25) is 0 Å². The van der Waals surface area contributed by atoms with Crippen molar-refractivity contribution in [3.8, 4) is 11.5 Å². The van der Waals surface area contributed by atoms with E-state index in [1.807, 2.05) is 0 Å². The van der Waals surface area contributed by atoms with Crippen molar-refractivity contribution in [2.45, 2.75) is 0 Å². The standard InChI is InChI=1S/C13H16N2O5/c1-14(2)6-5-11(16)9-7-10(15(17)18)13(20-4)12(8-9)19-3/h5-8H,1-4H3/b6-5+. The number of nitrogens with zero attached hydrogens (tertiary/aromatic N) is 2. The molecule has 0 unspecified atom stereocenters. The van der Waals surface area contributed by atoms with Gasteiger partial charge in [-0.1, -0.05) is 0 Å². The third-order valence-corrected chi connectivity index (χ3v) is 2.46. The van der Waals surface area contributed by atoms with Crippen molar-refractivity contribution in [3.63, 3.8) is 0 Å². The average Bonchev–Trinajstić information content (AvgIpc) is 2.42. The Morgan fingerprint density at radius 3 is 2.40 bits per heavy atom. The number of allylic oxidation sites excluding steroid dienone is 1. The van der Waals surface area contributed by atoms with Crippen LogP contribution in [0.3, 0.4) is 0 Å². The topological polar surface area (TPSA) is 81.9 Å². The van der Waals surface area contributed by atoms with E-state index in [0.717, 1.165) is 0 Å². The molecule has 0 amide bonds. The molecule has 0 saturated heterocycles. The summed E-state index contributed by atoms with van der Waals surface area (Å²) in [6.07, 6.45) is 2.88. The molecule has 7 nitrogen and oxygen atoms in total. The Morgan fingerprint density at radius 2 is 1.95 bits per heavy atom. The second kappa shape index (κ2) is 6.55. The van der Waals surface area contributed by atoms with Gasteiger partial charge in [-0.15, -0.1) is 0 Å². The highest BCUT2D eigenvalue weighted by Crippen LogP contribution is 2.38. The zero-order valence-electron chi connectivity index (χ0n) is 11.7. The van der Waals surface area contributed by atoms with E-state index in [4.69, 9.17) is 9.47 Å². The molecule has 0 saturated carbocycles. The first-order valence-corrected chi connectivity index (χ1v) is 5.70. The molecule has 1 aromatic carbocycles. The zero-order chi connectivity index (χ0) is 15.3. The molecular weight excluding hydrogens is 264 g/mol. The Kier molecular flexibility index (Phi) is 5.08. The van der Waals surface area contributed by atoms with E-state index >= 15 is 0 Å². The summed E-state index contributed by atoms with van der Waals surface area (Å²) in [6.45, 7) is 0. The summed E-state index contributed by atoms with van der Waals surface area (Å²) in [5, 5.41) is 11.0. The van der Waals surface area contributed by atoms with Crippen LogP contribution in [-0.2, 0) is 0 Å². The molecule has 0 aliphatic heterocycles. The van der Waals surface area contributed by atoms with Gasteiger partial charge in [0.2, 0.25) is 5.75 Å². The monoisotopic (exact) mass is 280 g/mol. The van der Waals surface area contributed by atoms with Gasteiger partial charge in [0.05, 0.1) is 19.1 Å². The third kappa shape index (κ3) is 3.47. The van der Waals surface area contributed by atoms with E-state index in [1.54, 1.807) is 25.2 Å². The molecule has 0 atom stereocenters. The van der Waals surface area contributed by atoms with E-state index in [-0.39, 0.29) is 28.5 Å². The maximum absolute atomic E-state index is 12.0. The molecule has 0 aliphatic rings. The van der Waals surface area contributed by atoms with Gasteiger partial charge < -0.3 is 14.4 Å². The Balaban J connectivity index is 3.32. The van der Waals surface area contributed by atoms with Crippen molar-refractivity contribution < 1.29 is 19.2 Å². The van der Waals surface area contributed by atoms with Crippen LogP contribution in [0, 0.1) is 10.1 Å². The van der Waals surface area contributed by atoms with Gasteiger partial charge in [-0.05, 0) is 6.07 Å². The third-order valence-electron chi connectivity index (χ3n) is 2.46. The smallest absolute Gasteiger partial charge is 0.315 e. The molecule has 0 aromatic heterocycles. The van der Waals surface area contributed by atoms with Crippen LogP contribution in [-0.4, -0.2) is 43.9 Å². The van der Waals surface area contributed by atoms with Crippen LogP contribution in [0.25, 0.3) is 0 Å². The number of benzene rings is 1. The number of ether oxygens (including phenoxy) is 2. The predicted octanol–water partition coefficient (Wildman–Crippen LogP) is 1.87. The molecule has 0 N–H and O–H groups in total. The van der Waals surface area contributed by atoms with Gasteiger partial charge in [-0.2, -0.15) is 0 Å². The Labute approximate surface area is 116 Å². The lowest BCUT2D eigenvalue weighted by molar-refractivity contribution is -0.385. The molecule has 0 bridgehead atoms. The van der Waals surface area contributed by atoms with Crippen molar-refractivity contribution >= 4 is 11.5 Å². The minimum atomic E-state index is -0.617. The molecule has 108 valence electrons. The van der Waals surface area contributed by atoms with E-state index < -0.39 is 4.92 Å². The summed E-state index contributed by atoms with van der Waals surface area (Å²) in [7, 11) is 6.19. The summed E-state index contributed by atoms with van der Waals surface area (Å²) in [5.41, 5.74) is -0.152. The average molecular weight is 280 g/mol. The second-order valence-electron chi connectivity index (χ2n) is 4.13. The van der Waals surface area contributed by atoms with E-state index in [0.29, 0.717) is 0 Å². The number of carbonyl (C=O) groups excluding carboxylic acids is 1. The van der Waals surface area contributed by atoms with Gasteiger partial charge >= 0.3 is 5.69 Å². The van der Waals surface area contributed by atoms with Crippen molar-refractivity contribution in [2.75, 3.05) is 28.3 Å². The lowest BCUT2D eigenvalue weighted by Crippen LogP contribution is -2.05. The van der Waals surface area contributed by atoms with Gasteiger partial charge in [0.15, 0.2) is 11.5 Å². The fraction of sp³-hybridized carbons (Fsp3) is 0.308. The van der Waals surface area contributed by atoms with Crippen LogP contribution in [0.15, 0.2) is 24.4 Å². The van der Waals surface area contributed by atoms with Crippen molar-refractivity contribution in [1.29, 1.82) is 0 Å². The van der Waals surface area contributed by atoms with Crippen LogP contribution in [0.1, 0.15) is 10.4 Å². The minimum Gasteiger partial charge on any atom is -0.493 e. The Hall–Kier alpha value is -2.57. The highest BCUT2D eigenvalue weighted by atomic mass is 16.6. The Bertz CT molecular complexity index is 552. The number of carbonyl (C=O) groups is 1. The summed E-state index contributed by atoms with van der Waals surface area (Å²) in [4.78, 5) is 24.1. The summed E-state index contributed by atoms with van der Waals surface area (Å²) >= 11 is 0. The van der Waals surface area contributed by atoms with E-state index in [2.05, 4.69) is 0 Å². The lowest BCUT2D eigenvalue weighted by Gasteiger charge is -2.09. The minimum absolute atomic E-state index is 0.00867. The number of hydrogen-bond acceptors (Lipinski definition) is 6. The molecule has 1 aromatic rings. The first kappa shape index (κ1) is 15.5. The largest absolute Gasteiger partial charge is 0.493 e. The van der Waals surface area contributed by atoms with E-state index in [1.165, 1.54) is 32.4 Å². The number of nitro groups is 1. The van der Waals surface area contributed by atoms with E-state index in [9.17, 15) is 14.9 Å². The normalized spacial score (nSPS) is 10.4. The molecule has 0 fully saturated rings. The molecule has 20 heavy (non-hydrogen) atoms. The predicted molar refractivity (Wildman–Crippen MR) is 73.4 cm³/mol. The van der Waals surface area contributed by atoms with Crippen molar-refractivity contribution in [3.05, 3.63) is 40.1 Å². The lowest BCUT2D eigenvalue weighted by atomic mass is 10.1. The first-order chi connectivity index (χ1) is 9.40. The summed E-state index contributed by atoms with van der Waals surface area (Å²) in [5.74, 6) is -0.225. The summed E-state index contributed by atoms with van der Waals surface area (Å²) in [6, 6.07) is 2.58. The van der Waals surface area contributed by atoms with Crippen LogP contribution in [0.5, 0.6) is 11.5 Å². The molecule has 0 heterocycles. The second-order valence-corrected chi connectivity index (χ2v) is 4.13. The summed E-state index contributed by atoms with van der Waals surface area (Å²) < 4.78 is 9.98. The van der Waals surface area contributed by atoms with Gasteiger partial charge in [0.25, 0.3) is 0 Å². The number of rotatable bonds is 6. The fourth-order valence-corrected chi connectivity index (χ4v) is 1.54. The maximum Gasteiger partial charge on any atom is 0.315 e. The zero-order valence-corrected chi connectivity index (χ0v) is 11.7. The molecule has 7 heteroatoms. The molecular formula is C13H16N2O5. The molecule has 0 aliphatic carbocycles. The van der Waals surface area contributed by atoms with Gasteiger partial charge in [-0.3, -0.25) is 14.9 Å². The molecule has 0 spiro atoms. The van der Waals surface area contributed by atoms with Gasteiger partial charge in [0.1, 0.15) is 0 Å². The van der Waals surface area contributed by atoms with Gasteiger partial charge in [-0.25, -0.2) is 0 Å².